The molecule has 0 unspecified atom stereocenters. The first kappa shape index (κ1) is 14.9. The summed E-state index contributed by atoms with van der Waals surface area (Å²) in [6, 6.07) is 12.1. The van der Waals surface area contributed by atoms with Crippen molar-refractivity contribution in [3.05, 3.63) is 53.6 Å². The smallest absolute Gasteiger partial charge is 0.339 e. The zero-order valence-corrected chi connectivity index (χ0v) is 12.1. The molecular weight excluding hydrogens is 268 g/mol. The molecule has 1 N–H and O–H groups in total. The van der Waals surface area contributed by atoms with E-state index in [9.17, 15) is 9.90 Å². The third-order valence-electron chi connectivity index (χ3n) is 2.89. The molecule has 0 aliphatic rings. The first-order valence-electron chi connectivity index (χ1n) is 6.85. The average molecular weight is 286 g/mol. The predicted octanol–water partition coefficient (Wildman–Crippen LogP) is 4.27. The molecule has 4 nitrogen and oxygen atoms in total. The van der Waals surface area contributed by atoms with E-state index in [4.69, 9.17) is 9.47 Å². The lowest BCUT2D eigenvalue weighted by Crippen LogP contribution is -2.00. The third kappa shape index (κ3) is 3.99. The molecule has 0 aliphatic heterocycles. The van der Waals surface area contributed by atoms with Crippen LogP contribution in [0.4, 0.5) is 0 Å². The topological polar surface area (TPSA) is 55.8 Å². The number of aryl methyl sites for hydroxylation is 1. The minimum atomic E-state index is -1.01. The summed E-state index contributed by atoms with van der Waals surface area (Å²) in [4.78, 5) is 11.2. The minimum absolute atomic E-state index is 0.145. The van der Waals surface area contributed by atoms with E-state index in [1.165, 1.54) is 0 Å². The summed E-state index contributed by atoms with van der Waals surface area (Å²) in [6.07, 6.45) is 0.948. The van der Waals surface area contributed by atoms with E-state index >= 15 is 0 Å². The molecule has 0 atom stereocenters. The zero-order chi connectivity index (χ0) is 15.2. The maximum absolute atomic E-state index is 11.2. The second kappa shape index (κ2) is 6.79. The Labute approximate surface area is 123 Å². The molecule has 0 aromatic heterocycles. The maximum atomic E-state index is 11.2. The van der Waals surface area contributed by atoms with Gasteiger partial charge in [-0.25, -0.2) is 4.79 Å². The highest BCUT2D eigenvalue weighted by Crippen LogP contribution is 2.28. The standard InChI is InChI=1S/C17H18O4/c1-3-10-20-13-5-7-14(8-6-13)21-16-11-12(2)4-9-15(16)17(18)19/h4-9,11H,3,10H2,1-2H3,(H,18,19). The first-order chi connectivity index (χ1) is 10.1. The van der Waals surface area contributed by atoms with Crippen molar-refractivity contribution < 1.29 is 19.4 Å². The molecular formula is C17H18O4. The second-order valence-electron chi connectivity index (χ2n) is 4.73. The van der Waals surface area contributed by atoms with Gasteiger partial charge in [-0.15, -0.1) is 0 Å². The van der Waals surface area contributed by atoms with E-state index in [-0.39, 0.29) is 5.56 Å². The van der Waals surface area contributed by atoms with Gasteiger partial charge in [-0.1, -0.05) is 13.0 Å². The summed E-state index contributed by atoms with van der Waals surface area (Å²) in [6.45, 7) is 4.60. The van der Waals surface area contributed by atoms with Crippen LogP contribution in [0.15, 0.2) is 42.5 Å². The largest absolute Gasteiger partial charge is 0.494 e. The van der Waals surface area contributed by atoms with E-state index in [2.05, 4.69) is 0 Å². The molecule has 2 aromatic carbocycles. The number of carbonyl (C=O) groups is 1. The van der Waals surface area contributed by atoms with Crippen molar-refractivity contribution in [1.29, 1.82) is 0 Å². The van der Waals surface area contributed by atoms with Gasteiger partial charge in [0.1, 0.15) is 22.8 Å². The fourth-order valence-electron chi connectivity index (χ4n) is 1.84. The third-order valence-corrected chi connectivity index (χ3v) is 2.89. The van der Waals surface area contributed by atoms with Crippen LogP contribution in [0.1, 0.15) is 29.3 Å². The van der Waals surface area contributed by atoms with E-state index < -0.39 is 5.97 Å². The van der Waals surface area contributed by atoms with Crippen molar-refractivity contribution in [3.8, 4) is 17.2 Å². The number of hydrogen-bond acceptors (Lipinski definition) is 3. The van der Waals surface area contributed by atoms with Crippen molar-refractivity contribution in [2.75, 3.05) is 6.61 Å². The van der Waals surface area contributed by atoms with Crippen molar-refractivity contribution in [1.82, 2.24) is 0 Å². The average Bonchev–Trinajstić information content (AvgIpc) is 2.46. The molecule has 0 fully saturated rings. The summed E-state index contributed by atoms with van der Waals surface area (Å²) < 4.78 is 11.2. The number of ether oxygens (including phenoxy) is 2. The number of rotatable bonds is 6. The number of aromatic carboxylic acids is 1. The van der Waals surface area contributed by atoms with Crippen molar-refractivity contribution in [2.45, 2.75) is 20.3 Å². The Morgan fingerprint density at radius 2 is 1.76 bits per heavy atom. The highest BCUT2D eigenvalue weighted by Gasteiger charge is 2.12. The van der Waals surface area contributed by atoms with E-state index in [1.807, 2.05) is 13.8 Å². The summed E-state index contributed by atoms with van der Waals surface area (Å²) >= 11 is 0. The summed E-state index contributed by atoms with van der Waals surface area (Å²) in [5.41, 5.74) is 1.09. The quantitative estimate of drug-likeness (QED) is 0.861. The molecule has 0 bridgehead atoms. The van der Waals surface area contributed by atoms with Crippen molar-refractivity contribution in [3.63, 3.8) is 0 Å². The zero-order valence-electron chi connectivity index (χ0n) is 12.1. The molecule has 0 heterocycles. The molecule has 0 saturated heterocycles. The molecule has 0 saturated carbocycles. The van der Waals surface area contributed by atoms with Crippen LogP contribution in [0.2, 0.25) is 0 Å². The molecule has 21 heavy (non-hydrogen) atoms. The van der Waals surface area contributed by atoms with Crippen molar-refractivity contribution in [2.24, 2.45) is 0 Å². The Bertz CT molecular complexity index is 617. The van der Waals surface area contributed by atoms with E-state index in [1.54, 1.807) is 42.5 Å². The molecule has 2 rings (SSSR count). The molecule has 4 heteroatoms. The fourth-order valence-corrected chi connectivity index (χ4v) is 1.84. The van der Waals surface area contributed by atoms with Gasteiger partial charge in [-0.2, -0.15) is 0 Å². The molecule has 2 aromatic rings. The monoisotopic (exact) mass is 286 g/mol. The molecule has 0 radical (unpaired) electrons. The highest BCUT2D eigenvalue weighted by molar-refractivity contribution is 5.91. The molecule has 0 spiro atoms. The van der Waals surface area contributed by atoms with Crippen LogP contribution in [0.3, 0.4) is 0 Å². The molecule has 0 amide bonds. The lowest BCUT2D eigenvalue weighted by Gasteiger charge is -2.10. The highest BCUT2D eigenvalue weighted by atomic mass is 16.5. The van der Waals surface area contributed by atoms with E-state index in [0.29, 0.717) is 18.1 Å². The Hall–Kier alpha value is -2.49. The Kier molecular flexibility index (Phi) is 4.82. The molecule has 110 valence electrons. The maximum Gasteiger partial charge on any atom is 0.339 e. The van der Waals surface area contributed by atoms with Crippen LogP contribution in [0.25, 0.3) is 0 Å². The van der Waals surface area contributed by atoms with Crippen LogP contribution >= 0.6 is 0 Å². The van der Waals surface area contributed by atoms with Gasteiger partial charge in [0.05, 0.1) is 6.61 Å². The lowest BCUT2D eigenvalue weighted by atomic mass is 10.1. The minimum Gasteiger partial charge on any atom is -0.494 e. The summed E-state index contributed by atoms with van der Waals surface area (Å²) in [5.74, 6) is 0.677. The van der Waals surface area contributed by atoms with Crippen LogP contribution in [-0.2, 0) is 0 Å². The van der Waals surface area contributed by atoms with Crippen LogP contribution in [0, 0.1) is 6.92 Å². The van der Waals surface area contributed by atoms with Gasteiger partial charge in [0.25, 0.3) is 0 Å². The second-order valence-corrected chi connectivity index (χ2v) is 4.73. The van der Waals surface area contributed by atoms with Gasteiger partial charge in [-0.3, -0.25) is 0 Å². The SMILES string of the molecule is CCCOc1ccc(Oc2cc(C)ccc2C(=O)O)cc1. The predicted molar refractivity (Wildman–Crippen MR) is 80.4 cm³/mol. The Balaban J connectivity index is 2.18. The summed E-state index contributed by atoms with van der Waals surface area (Å²) in [5, 5.41) is 9.18. The van der Waals surface area contributed by atoms with Crippen LogP contribution in [0.5, 0.6) is 17.2 Å². The summed E-state index contributed by atoms with van der Waals surface area (Å²) in [7, 11) is 0. The fraction of sp³-hybridized carbons (Fsp3) is 0.235. The lowest BCUT2D eigenvalue weighted by molar-refractivity contribution is 0.0694. The Morgan fingerprint density at radius 1 is 1.10 bits per heavy atom. The van der Waals surface area contributed by atoms with Crippen LogP contribution < -0.4 is 9.47 Å². The van der Waals surface area contributed by atoms with Gasteiger partial charge < -0.3 is 14.6 Å². The normalized spacial score (nSPS) is 10.2. The van der Waals surface area contributed by atoms with Gasteiger partial charge in [0, 0.05) is 0 Å². The number of carboxylic acid groups (broad SMARTS) is 1. The number of carboxylic acids is 1. The Morgan fingerprint density at radius 3 is 2.38 bits per heavy atom. The number of benzene rings is 2. The van der Waals surface area contributed by atoms with Crippen molar-refractivity contribution >= 4 is 5.97 Å². The van der Waals surface area contributed by atoms with Gasteiger partial charge in [-0.05, 0) is 55.3 Å². The van der Waals surface area contributed by atoms with Gasteiger partial charge in [0.2, 0.25) is 0 Å². The first-order valence-corrected chi connectivity index (χ1v) is 6.85. The number of hydrogen-bond donors (Lipinski definition) is 1. The van der Waals surface area contributed by atoms with E-state index in [0.717, 1.165) is 17.7 Å². The van der Waals surface area contributed by atoms with Gasteiger partial charge in [0.15, 0.2) is 0 Å². The van der Waals surface area contributed by atoms with Gasteiger partial charge >= 0.3 is 5.97 Å². The van der Waals surface area contributed by atoms with Crippen LogP contribution in [-0.4, -0.2) is 17.7 Å². The molecule has 0 aliphatic carbocycles.